The minimum atomic E-state index is -0.0966. The summed E-state index contributed by atoms with van der Waals surface area (Å²) in [7, 11) is 1.72. The maximum absolute atomic E-state index is 5.89. The molecule has 0 heterocycles. The Bertz CT molecular complexity index is 132. The summed E-state index contributed by atoms with van der Waals surface area (Å²) in [5.41, 5.74) is 5.80. The van der Waals surface area contributed by atoms with Crippen molar-refractivity contribution in [3.05, 3.63) is 12.7 Å². The molecule has 0 radical (unpaired) electrons. The summed E-state index contributed by atoms with van der Waals surface area (Å²) in [6, 6.07) is 0.220. The number of ether oxygens (including phenoxy) is 1. The second-order valence-corrected chi connectivity index (χ2v) is 3.79. The standard InChI is InChI=1S/C10H21NO/c1-5-6-7-9(11)8-10(2,3)12-4/h5,9H,1,6-8,11H2,2-4H3. The fraction of sp³-hybridized carbons (Fsp3) is 0.800. The summed E-state index contributed by atoms with van der Waals surface area (Å²) in [5.74, 6) is 0. The monoisotopic (exact) mass is 171 g/mol. The van der Waals surface area contributed by atoms with Crippen LogP contribution in [0.25, 0.3) is 0 Å². The lowest BCUT2D eigenvalue weighted by Gasteiger charge is -2.26. The van der Waals surface area contributed by atoms with Crippen LogP contribution in [-0.4, -0.2) is 18.8 Å². The van der Waals surface area contributed by atoms with Gasteiger partial charge in [0.15, 0.2) is 0 Å². The van der Waals surface area contributed by atoms with Gasteiger partial charge < -0.3 is 10.5 Å². The molecule has 0 aromatic rings. The molecule has 2 nitrogen and oxygen atoms in total. The van der Waals surface area contributed by atoms with Crippen molar-refractivity contribution in [2.75, 3.05) is 7.11 Å². The third kappa shape index (κ3) is 5.33. The van der Waals surface area contributed by atoms with Crippen LogP contribution < -0.4 is 5.73 Å². The molecule has 0 bridgehead atoms. The van der Waals surface area contributed by atoms with E-state index in [9.17, 15) is 0 Å². The van der Waals surface area contributed by atoms with Gasteiger partial charge in [0, 0.05) is 13.2 Å². The van der Waals surface area contributed by atoms with Gasteiger partial charge in [-0.1, -0.05) is 6.08 Å². The van der Waals surface area contributed by atoms with E-state index in [0.29, 0.717) is 0 Å². The van der Waals surface area contributed by atoms with Crippen molar-refractivity contribution in [2.24, 2.45) is 5.73 Å². The Morgan fingerprint density at radius 2 is 2.17 bits per heavy atom. The first-order valence-corrected chi connectivity index (χ1v) is 4.43. The molecule has 0 aliphatic carbocycles. The van der Waals surface area contributed by atoms with Crippen molar-refractivity contribution in [1.29, 1.82) is 0 Å². The summed E-state index contributed by atoms with van der Waals surface area (Å²) in [4.78, 5) is 0. The molecule has 1 atom stereocenters. The molecule has 0 rings (SSSR count). The highest BCUT2D eigenvalue weighted by Gasteiger charge is 2.19. The van der Waals surface area contributed by atoms with Gasteiger partial charge in [-0.05, 0) is 33.1 Å². The van der Waals surface area contributed by atoms with Crippen molar-refractivity contribution >= 4 is 0 Å². The van der Waals surface area contributed by atoms with E-state index in [0.717, 1.165) is 19.3 Å². The van der Waals surface area contributed by atoms with E-state index < -0.39 is 0 Å². The summed E-state index contributed by atoms with van der Waals surface area (Å²) in [6.45, 7) is 7.78. The molecule has 72 valence electrons. The van der Waals surface area contributed by atoms with Crippen molar-refractivity contribution in [3.63, 3.8) is 0 Å². The molecule has 0 saturated heterocycles. The summed E-state index contributed by atoms with van der Waals surface area (Å²) >= 11 is 0. The zero-order chi connectivity index (χ0) is 9.61. The smallest absolute Gasteiger partial charge is 0.0637 e. The van der Waals surface area contributed by atoms with Crippen molar-refractivity contribution in [2.45, 2.75) is 44.8 Å². The topological polar surface area (TPSA) is 35.2 Å². The van der Waals surface area contributed by atoms with Gasteiger partial charge in [0.05, 0.1) is 5.60 Å². The molecule has 1 unspecified atom stereocenters. The van der Waals surface area contributed by atoms with Gasteiger partial charge in [-0.15, -0.1) is 6.58 Å². The van der Waals surface area contributed by atoms with Gasteiger partial charge in [0.2, 0.25) is 0 Å². The Morgan fingerprint density at radius 1 is 1.58 bits per heavy atom. The lowest BCUT2D eigenvalue weighted by Crippen LogP contribution is -2.33. The Kier molecular flexibility index (Phi) is 5.18. The second kappa shape index (κ2) is 5.33. The predicted octanol–water partition coefficient (Wildman–Crippen LogP) is 2.09. The lowest BCUT2D eigenvalue weighted by molar-refractivity contribution is 0.00964. The second-order valence-electron chi connectivity index (χ2n) is 3.79. The van der Waals surface area contributed by atoms with Crippen LogP contribution in [0.2, 0.25) is 0 Å². The maximum atomic E-state index is 5.89. The highest BCUT2D eigenvalue weighted by atomic mass is 16.5. The summed E-state index contributed by atoms with van der Waals surface area (Å²) in [5, 5.41) is 0. The Hall–Kier alpha value is -0.340. The fourth-order valence-electron chi connectivity index (χ4n) is 1.15. The van der Waals surface area contributed by atoms with Crippen molar-refractivity contribution < 1.29 is 4.74 Å². The number of allylic oxidation sites excluding steroid dienone is 1. The first kappa shape index (κ1) is 11.7. The molecule has 0 amide bonds. The van der Waals surface area contributed by atoms with Crippen LogP contribution in [0, 0.1) is 0 Å². The molecule has 0 fully saturated rings. The van der Waals surface area contributed by atoms with Gasteiger partial charge in [-0.2, -0.15) is 0 Å². The molecular formula is C10H21NO. The van der Waals surface area contributed by atoms with Crippen LogP contribution in [0.4, 0.5) is 0 Å². The number of hydrogen-bond donors (Lipinski definition) is 1. The van der Waals surface area contributed by atoms with Crippen LogP contribution in [-0.2, 0) is 4.74 Å². The van der Waals surface area contributed by atoms with Crippen LogP contribution in [0.1, 0.15) is 33.1 Å². The number of nitrogens with two attached hydrogens (primary N) is 1. The van der Waals surface area contributed by atoms with E-state index in [-0.39, 0.29) is 11.6 Å². The van der Waals surface area contributed by atoms with Gasteiger partial charge in [-0.25, -0.2) is 0 Å². The average Bonchev–Trinajstić information content (AvgIpc) is 2.00. The molecule has 0 aliphatic heterocycles. The average molecular weight is 171 g/mol. The third-order valence-corrected chi connectivity index (χ3v) is 2.05. The highest BCUT2D eigenvalue weighted by molar-refractivity contribution is 4.78. The molecule has 0 aromatic heterocycles. The minimum absolute atomic E-state index is 0.0966. The SMILES string of the molecule is C=CCCC(N)CC(C)(C)OC. The molecule has 12 heavy (non-hydrogen) atoms. The first-order chi connectivity index (χ1) is 5.52. The molecule has 2 N–H and O–H groups in total. The molecule has 0 spiro atoms. The molecular weight excluding hydrogens is 150 g/mol. The van der Waals surface area contributed by atoms with Gasteiger partial charge in [0.25, 0.3) is 0 Å². The van der Waals surface area contributed by atoms with Crippen LogP contribution >= 0.6 is 0 Å². The zero-order valence-corrected chi connectivity index (χ0v) is 8.47. The van der Waals surface area contributed by atoms with Crippen molar-refractivity contribution in [3.8, 4) is 0 Å². The van der Waals surface area contributed by atoms with E-state index in [1.807, 2.05) is 6.08 Å². The zero-order valence-electron chi connectivity index (χ0n) is 8.47. The normalized spacial score (nSPS) is 14.3. The van der Waals surface area contributed by atoms with Crippen LogP contribution in [0.5, 0.6) is 0 Å². The summed E-state index contributed by atoms with van der Waals surface area (Å²) in [6.07, 6.45) is 4.79. The fourth-order valence-corrected chi connectivity index (χ4v) is 1.15. The third-order valence-electron chi connectivity index (χ3n) is 2.05. The van der Waals surface area contributed by atoms with Gasteiger partial charge in [0.1, 0.15) is 0 Å². The predicted molar refractivity (Wildman–Crippen MR) is 53.1 cm³/mol. The molecule has 0 aliphatic rings. The quantitative estimate of drug-likeness (QED) is 0.621. The Morgan fingerprint density at radius 3 is 2.58 bits per heavy atom. The number of methoxy groups -OCH3 is 1. The Balaban J connectivity index is 3.67. The number of hydrogen-bond acceptors (Lipinski definition) is 2. The largest absolute Gasteiger partial charge is 0.379 e. The van der Waals surface area contributed by atoms with E-state index in [1.54, 1.807) is 7.11 Å². The highest BCUT2D eigenvalue weighted by Crippen LogP contribution is 2.16. The maximum Gasteiger partial charge on any atom is 0.0637 e. The van der Waals surface area contributed by atoms with E-state index in [4.69, 9.17) is 10.5 Å². The summed E-state index contributed by atoms with van der Waals surface area (Å²) < 4.78 is 5.28. The van der Waals surface area contributed by atoms with Gasteiger partial charge >= 0.3 is 0 Å². The van der Waals surface area contributed by atoms with Crippen molar-refractivity contribution in [1.82, 2.24) is 0 Å². The molecule has 0 aromatic carbocycles. The lowest BCUT2D eigenvalue weighted by atomic mass is 9.96. The minimum Gasteiger partial charge on any atom is -0.379 e. The first-order valence-electron chi connectivity index (χ1n) is 4.43. The number of rotatable bonds is 6. The molecule has 2 heteroatoms. The van der Waals surface area contributed by atoms with E-state index >= 15 is 0 Å². The van der Waals surface area contributed by atoms with E-state index in [2.05, 4.69) is 20.4 Å². The van der Waals surface area contributed by atoms with Gasteiger partial charge in [-0.3, -0.25) is 0 Å². The van der Waals surface area contributed by atoms with Crippen LogP contribution in [0.3, 0.4) is 0 Å². The van der Waals surface area contributed by atoms with Crippen LogP contribution in [0.15, 0.2) is 12.7 Å². The van der Waals surface area contributed by atoms with E-state index in [1.165, 1.54) is 0 Å². The molecule has 0 saturated carbocycles. The Labute approximate surface area is 75.8 Å².